The lowest BCUT2D eigenvalue weighted by Gasteiger charge is -2.16. The predicted octanol–water partition coefficient (Wildman–Crippen LogP) is 4.39. The quantitative estimate of drug-likeness (QED) is 0.194. The number of aliphatic carboxylic acids is 1. The lowest BCUT2D eigenvalue weighted by molar-refractivity contribution is -0.139. The van der Waals surface area contributed by atoms with E-state index in [1.165, 1.54) is 0 Å². The molecule has 0 saturated carbocycles. The lowest BCUT2D eigenvalue weighted by atomic mass is 9.90. The summed E-state index contributed by atoms with van der Waals surface area (Å²) in [5.74, 6) is -0.570. The number of ketones is 1. The number of Topliss-reactive ketones (excluding diaryl/α,β-unsaturated/α-hetero) is 1. The van der Waals surface area contributed by atoms with E-state index in [0.29, 0.717) is 0 Å². The third-order valence-corrected chi connectivity index (χ3v) is 6.91. The number of hydrogen-bond donors (Lipinski definition) is 4. The van der Waals surface area contributed by atoms with Crippen LogP contribution in [0.1, 0.15) is 36.0 Å². The first kappa shape index (κ1) is 23.9. The highest BCUT2D eigenvalue weighted by Gasteiger charge is 2.26. The second kappa shape index (κ2) is 10.4. The Morgan fingerprint density at radius 1 is 0.833 bits per heavy atom. The largest absolute Gasteiger partial charge is 0.480 e. The van der Waals surface area contributed by atoms with Gasteiger partial charge in [0.05, 0.1) is 17.1 Å². The number of nitrogens with one attached hydrogen (secondary N) is 2. The van der Waals surface area contributed by atoms with Crippen molar-refractivity contribution in [3.8, 4) is 11.1 Å². The fourth-order valence-electron chi connectivity index (χ4n) is 5.09. The van der Waals surface area contributed by atoms with E-state index in [9.17, 15) is 9.59 Å². The molecule has 184 valence electrons. The van der Waals surface area contributed by atoms with E-state index in [4.69, 9.17) is 15.8 Å². The van der Waals surface area contributed by atoms with E-state index >= 15 is 0 Å². The van der Waals surface area contributed by atoms with Gasteiger partial charge in [-0.2, -0.15) is 0 Å². The maximum atomic E-state index is 13.3. The third kappa shape index (κ3) is 4.80. The molecule has 1 aromatic heterocycles. The monoisotopic (exact) mass is 482 g/mol. The number of fused-ring (bicyclic) bond motifs is 2. The smallest absolute Gasteiger partial charge is 0.320 e. The van der Waals surface area contributed by atoms with Crippen LogP contribution in [-0.2, 0) is 4.79 Å². The van der Waals surface area contributed by atoms with Gasteiger partial charge in [0, 0.05) is 27.6 Å². The summed E-state index contributed by atoms with van der Waals surface area (Å²) >= 11 is 0. The number of pyridine rings is 1. The minimum atomic E-state index is -0.720. The van der Waals surface area contributed by atoms with Crippen LogP contribution in [0, 0.1) is 0 Å². The minimum absolute atomic E-state index is 0.115. The molecule has 2 atom stereocenters. The van der Waals surface area contributed by atoms with Crippen LogP contribution in [0.15, 0.2) is 66.7 Å². The zero-order valence-electron chi connectivity index (χ0n) is 20.0. The maximum Gasteiger partial charge on any atom is 0.320 e. The highest BCUT2D eigenvalue weighted by atomic mass is 16.4. The topological polar surface area (TPSA) is 117 Å². The molecule has 2 aliphatic heterocycles. The van der Waals surface area contributed by atoms with E-state index in [-0.39, 0.29) is 17.9 Å². The summed E-state index contributed by atoms with van der Waals surface area (Å²) in [6.45, 7) is 1.75. The Hall–Kier alpha value is -3.81. The Labute approximate surface area is 209 Å². The van der Waals surface area contributed by atoms with E-state index in [1.807, 2.05) is 60.7 Å². The first-order valence-electron chi connectivity index (χ1n) is 12.4. The minimum Gasteiger partial charge on any atom is -0.480 e. The molecule has 7 nitrogen and oxygen atoms in total. The van der Waals surface area contributed by atoms with Crippen molar-refractivity contribution in [2.24, 2.45) is 0 Å². The van der Waals surface area contributed by atoms with E-state index in [1.54, 1.807) is 0 Å². The van der Waals surface area contributed by atoms with Crippen molar-refractivity contribution in [1.29, 1.82) is 0 Å². The molecular formula is C29H30N4O3. The van der Waals surface area contributed by atoms with Crippen LogP contribution in [0.4, 0.5) is 5.69 Å². The lowest BCUT2D eigenvalue weighted by Crippen LogP contribution is -2.30. The van der Waals surface area contributed by atoms with E-state index in [0.717, 1.165) is 83.0 Å². The number of carboxylic acid groups (broad SMARTS) is 1. The van der Waals surface area contributed by atoms with Gasteiger partial charge in [-0.15, -0.1) is 0 Å². The van der Waals surface area contributed by atoms with Gasteiger partial charge in [0.15, 0.2) is 5.78 Å². The molecular weight excluding hydrogens is 452 g/mol. The second-order valence-corrected chi connectivity index (χ2v) is 9.33. The number of nitrogen functional groups attached to an aromatic ring is 1. The highest BCUT2D eigenvalue weighted by molar-refractivity contribution is 6.19. The molecule has 2 saturated heterocycles. The molecule has 3 aromatic carbocycles. The Morgan fingerprint density at radius 3 is 2.14 bits per heavy atom. The number of hydrogen-bond acceptors (Lipinski definition) is 6. The molecule has 4 aromatic rings. The van der Waals surface area contributed by atoms with Gasteiger partial charge in [0.1, 0.15) is 6.04 Å². The predicted molar refractivity (Wildman–Crippen MR) is 143 cm³/mol. The van der Waals surface area contributed by atoms with Crippen molar-refractivity contribution >= 4 is 39.2 Å². The van der Waals surface area contributed by atoms with Gasteiger partial charge in [-0.1, -0.05) is 42.5 Å². The van der Waals surface area contributed by atoms with E-state index < -0.39 is 5.97 Å². The summed E-state index contributed by atoms with van der Waals surface area (Å²) in [7, 11) is 0. The first-order chi connectivity index (χ1) is 17.5. The van der Waals surface area contributed by atoms with Crippen molar-refractivity contribution in [2.75, 3.05) is 18.8 Å². The average Bonchev–Trinajstić information content (AvgIpc) is 3.63. The Bertz CT molecular complexity index is 1410. The number of nitrogens with zero attached hydrogens (tertiary/aromatic N) is 1. The zero-order chi connectivity index (χ0) is 25.1. The molecule has 0 aliphatic carbocycles. The summed E-state index contributed by atoms with van der Waals surface area (Å²) in [4.78, 5) is 28.3. The molecule has 6 rings (SSSR count). The summed E-state index contributed by atoms with van der Waals surface area (Å²) in [5.41, 5.74) is 11.2. The van der Waals surface area contributed by atoms with Crippen molar-refractivity contribution in [2.45, 2.75) is 37.8 Å². The molecule has 0 spiro atoms. The molecule has 3 heterocycles. The third-order valence-electron chi connectivity index (χ3n) is 6.91. The standard InChI is InChI=1S/C24H21N3O.C5H9NO2/c25-16-12-10-15(11-13-16)22-17-5-1-2-7-19(17)27-20-8-3-6-18(23(20)22)24(28)21-9-4-14-26-21;7-5(8)4-2-1-3-6-4/h1-3,5-8,10-13,21,26H,4,9,14,25H2;4,6H,1-3H2,(H,7,8)/t21-;4-/m00/s1. The highest BCUT2D eigenvalue weighted by Crippen LogP contribution is 2.37. The van der Waals surface area contributed by atoms with Crippen molar-refractivity contribution in [3.63, 3.8) is 0 Å². The fraction of sp³-hybridized carbons (Fsp3) is 0.276. The van der Waals surface area contributed by atoms with E-state index in [2.05, 4.69) is 16.7 Å². The van der Waals surface area contributed by atoms with Crippen LogP contribution in [0.5, 0.6) is 0 Å². The number of carboxylic acids is 1. The molecule has 0 radical (unpaired) electrons. The number of benzene rings is 3. The molecule has 2 aliphatic rings. The maximum absolute atomic E-state index is 13.3. The number of aromatic nitrogens is 1. The van der Waals surface area contributed by atoms with Gasteiger partial charge < -0.3 is 21.5 Å². The molecule has 7 heteroatoms. The second-order valence-electron chi connectivity index (χ2n) is 9.33. The number of nitrogens with two attached hydrogens (primary N) is 1. The Balaban J connectivity index is 0.000000286. The summed E-state index contributed by atoms with van der Waals surface area (Å²) in [6, 6.07) is 21.4. The number of anilines is 1. The SMILES string of the molecule is Nc1ccc(-c2c3ccccc3nc3cccc(C(=O)[C@@H]4CCCN4)c23)cc1.O=C(O)[C@@H]1CCCN1. The van der Waals surface area contributed by atoms with Gasteiger partial charge in [0.2, 0.25) is 0 Å². The number of carbonyl (C=O) groups is 2. The Kier molecular flexibility index (Phi) is 6.93. The van der Waals surface area contributed by atoms with Gasteiger partial charge in [-0.3, -0.25) is 9.59 Å². The average molecular weight is 483 g/mol. The van der Waals surface area contributed by atoms with Crippen LogP contribution in [-0.4, -0.2) is 47.0 Å². The van der Waals surface area contributed by atoms with Crippen molar-refractivity contribution < 1.29 is 14.7 Å². The normalized spacial score (nSPS) is 19.2. The summed E-state index contributed by atoms with van der Waals surface area (Å²) < 4.78 is 0. The fourth-order valence-corrected chi connectivity index (χ4v) is 5.09. The summed E-state index contributed by atoms with van der Waals surface area (Å²) in [6.07, 6.45) is 3.70. The molecule has 0 amide bonds. The van der Waals surface area contributed by atoms with Crippen LogP contribution < -0.4 is 16.4 Å². The van der Waals surface area contributed by atoms with Crippen LogP contribution in [0.2, 0.25) is 0 Å². The van der Waals surface area contributed by atoms with Gasteiger partial charge in [-0.25, -0.2) is 4.98 Å². The Morgan fingerprint density at radius 2 is 1.50 bits per heavy atom. The number of para-hydroxylation sites is 1. The zero-order valence-corrected chi connectivity index (χ0v) is 20.0. The molecule has 36 heavy (non-hydrogen) atoms. The van der Waals surface area contributed by atoms with Crippen LogP contribution in [0.25, 0.3) is 32.9 Å². The molecule has 5 N–H and O–H groups in total. The summed E-state index contributed by atoms with van der Waals surface area (Å²) in [5, 5.41) is 16.5. The molecule has 0 unspecified atom stereocenters. The van der Waals surface area contributed by atoms with Crippen LogP contribution >= 0.6 is 0 Å². The van der Waals surface area contributed by atoms with Crippen molar-refractivity contribution in [3.05, 3.63) is 72.3 Å². The van der Waals surface area contributed by atoms with Gasteiger partial charge in [0.25, 0.3) is 0 Å². The van der Waals surface area contributed by atoms with Crippen LogP contribution in [0.3, 0.4) is 0 Å². The van der Waals surface area contributed by atoms with Gasteiger partial charge >= 0.3 is 5.97 Å². The van der Waals surface area contributed by atoms with Gasteiger partial charge in [-0.05, 0) is 68.6 Å². The molecule has 0 bridgehead atoms. The first-order valence-corrected chi connectivity index (χ1v) is 12.4. The number of rotatable bonds is 4. The van der Waals surface area contributed by atoms with Crippen molar-refractivity contribution in [1.82, 2.24) is 15.6 Å². The number of carbonyl (C=O) groups excluding carboxylic acids is 1. The molecule has 2 fully saturated rings.